The number of pyridine rings is 1. The third-order valence-corrected chi connectivity index (χ3v) is 17.2. The molecule has 1 aromatic rings. The van der Waals surface area contributed by atoms with Crippen LogP contribution in [0.2, 0.25) is 0 Å². The van der Waals surface area contributed by atoms with E-state index in [9.17, 15) is 58.2 Å². The molecule has 1 saturated heterocycles. The van der Waals surface area contributed by atoms with Crippen molar-refractivity contribution >= 4 is 65.3 Å². The molecule has 0 radical (unpaired) electrons. The van der Waals surface area contributed by atoms with Crippen molar-refractivity contribution < 1.29 is 67.6 Å². The van der Waals surface area contributed by atoms with E-state index in [0.29, 0.717) is 37.9 Å². The molecule has 0 bridgehead atoms. The lowest BCUT2D eigenvalue weighted by atomic mass is 9.92. The molecule has 92 heavy (non-hydrogen) atoms. The zero-order valence-corrected chi connectivity index (χ0v) is 59.4. The number of rotatable bonds is 37. The van der Waals surface area contributed by atoms with Gasteiger partial charge in [-0.3, -0.25) is 47.9 Å². The SMILES string of the molecule is CCCC(C(=O)NC(C)(C=O)OC(C(=O)N(C)C(N)(CO)CC(C)C)C(C)C)N(C)C(=O)C(CC(C)C)NC(=O)C(CC(C)C)N(C)C(=O)CN(C)C(=O)C(NC(=O)C1C(C(C)CCN(C)c2ccccn2)OC(C)C(N(C)C(=O)CCC(C)C)C(=O)N1C)C(C)O. The predicted octanol–water partition coefficient (Wildman–Crippen LogP) is 3.00. The molecule has 0 spiro atoms. The largest absolute Gasteiger partial charge is 0.393 e. The number of aliphatic hydroxyl groups excluding tert-OH is 2. The Morgan fingerprint density at radius 3 is 1.90 bits per heavy atom. The molecule has 1 aliphatic heterocycles. The van der Waals surface area contributed by atoms with Gasteiger partial charge < -0.3 is 75.7 Å². The summed E-state index contributed by atoms with van der Waals surface area (Å²) in [5.41, 5.74) is 2.96. The Bertz CT molecular complexity index is 2590. The van der Waals surface area contributed by atoms with Gasteiger partial charge >= 0.3 is 0 Å². The van der Waals surface area contributed by atoms with Crippen molar-refractivity contribution in [2.45, 2.75) is 227 Å². The van der Waals surface area contributed by atoms with Gasteiger partial charge in [0.2, 0.25) is 47.3 Å². The van der Waals surface area contributed by atoms with Gasteiger partial charge in [-0.15, -0.1) is 0 Å². The minimum absolute atomic E-state index is 0.00201. The molecule has 0 aliphatic carbocycles. The van der Waals surface area contributed by atoms with Crippen LogP contribution < -0.4 is 26.6 Å². The Morgan fingerprint density at radius 2 is 1.40 bits per heavy atom. The number of aromatic nitrogens is 1. The van der Waals surface area contributed by atoms with Gasteiger partial charge in [-0.2, -0.15) is 0 Å². The number of carbonyl (C=O) groups is 10. The Kier molecular flexibility index (Phi) is 32.8. The number of hydrogen-bond donors (Lipinski definition) is 6. The summed E-state index contributed by atoms with van der Waals surface area (Å²) in [7, 11) is 10.4. The van der Waals surface area contributed by atoms with E-state index in [-0.39, 0.29) is 61.7 Å². The van der Waals surface area contributed by atoms with Crippen molar-refractivity contribution in [2.24, 2.45) is 41.2 Å². The fourth-order valence-electron chi connectivity index (χ4n) is 11.4. The molecule has 26 heteroatoms. The Morgan fingerprint density at radius 1 is 0.793 bits per heavy atom. The zero-order valence-electron chi connectivity index (χ0n) is 59.4. The number of nitrogens with two attached hydrogens (primary N) is 1. The summed E-state index contributed by atoms with van der Waals surface area (Å²) in [6.07, 6.45) is -0.496. The van der Waals surface area contributed by atoms with Crippen LogP contribution in [0.15, 0.2) is 24.4 Å². The molecule has 9 amide bonds. The third-order valence-electron chi connectivity index (χ3n) is 17.2. The fourth-order valence-corrected chi connectivity index (χ4v) is 11.4. The molecule has 1 aliphatic rings. The maximum Gasteiger partial charge on any atom is 0.253 e. The lowest BCUT2D eigenvalue weighted by Gasteiger charge is -2.42. The maximum absolute atomic E-state index is 14.9. The summed E-state index contributed by atoms with van der Waals surface area (Å²) < 4.78 is 12.8. The molecule has 26 nitrogen and oxygen atoms in total. The second kappa shape index (κ2) is 36.9. The van der Waals surface area contributed by atoms with Crippen LogP contribution >= 0.6 is 0 Å². The molecule has 13 unspecified atom stereocenters. The minimum atomic E-state index is -2.09. The molecular weight excluding hydrogens is 1180 g/mol. The van der Waals surface area contributed by atoms with E-state index in [0.717, 1.165) is 4.90 Å². The highest BCUT2D eigenvalue weighted by Gasteiger charge is 2.50. The first-order chi connectivity index (χ1) is 42.6. The zero-order chi connectivity index (χ0) is 70.6. The maximum atomic E-state index is 14.9. The van der Waals surface area contributed by atoms with Crippen molar-refractivity contribution in [3.8, 4) is 0 Å². The molecular formula is C66H116N12O14. The highest BCUT2D eigenvalue weighted by molar-refractivity contribution is 5.98. The van der Waals surface area contributed by atoms with Crippen LogP contribution in [0.4, 0.5) is 5.82 Å². The van der Waals surface area contributed by atoms with Gasteiger partial charge in [0.25, 0.3) is 5.91 Å². The number of aldehydes is 1. The van der Waals surface area contributed by atoms with Crippen LogP contribution in [0.1, 0.15) is 155 Å². The normalized spacial score (nSPS) is 19.7. The number of aliphatic hydroxyl groups is 2. The van der Waals surface area contributed by atoms with Crippen molar-refractivity contribution in [1.29, 1.82) is 0 Å². The summed E-state index contributed by atoms with van der Waals surface area (Å²) in [5.74, 6) is -6.40. The van der Waals surface area contributed by atoms with Gasteiger partial charge in [0.1, 0.15) is 53.8 Å². The van der Waals surface area contributed by atoms with Gasteiger partial charge in [-0.05, 0) is 107 Å². The van der Waals surface area contributed by atoms with E-state index in [1.807, 2.05) is 86.4 Å². The third kappa shape index (κ3) is 23.0. The quantitative estimate of drug-likeness (QED) is 0.0412. The number of ether oxygens (including phenoxy) is 2. The highest BCUT2D eigenvalue weighted by Crippen LogP contribution is 2.30. The van der Waals surface area contributed by atoms with Gasteiger partial charge in [0.15, 0.2) is 12.0 Å². The number of hydrogen-bond acceptors (Lipinski definition) is 17. The van der Waals surface area contributed by atoms with Crippen molar-refractivity contribution in [2.75, 3.05) is 73.9 Å². The van der Waals surface area contributed by atoms with Crippen LogP contribution in [-0.4, -0.2) is 245 Å². The van der Waals surface area contributed by atoms with E-state index in [2.05, 4.69) is 20.9 Å². The molecule has 2 rings (SSSR count). The van der Waals surface area contributed by atoms with E-state index < -0.39 is 144 Å². The van der Waals surface area contributed by atoms with Crippen LogP contribution in [0.25, 0.3) is 0 Å². The lowest BCUT2D eigenvalue weighted by molar-refractivity contribution is -0.176. The molecule has 524 valence electrons. The number of amides is 9. The van der Waals surface area contributed by atoms with Gasteiger partial charge in [-0.1, -0.05) is 95.6 Å². The molecule has 2 heterocycles. The highest BCUT2D eigenvalue weighted by atomic mass is 16.5. The van der Waals surface area contributed by atoms with E-state index in [4.69, 9.17) is 15.2 Å². The standard InChI is InChI=1S/C66H116N12O14/c1-23-26-48(59(85)71-65(15,37-79)92-56(43(10)11)64(90)78(22)66(67,38-80)35-42(8)9)75(19)61(87)47(33-40(4)5)69-58(84)49(34-41(6)7)74(18)52(83)36-73(17)62(88)53(45(13)81)70-60(86)55-57(44(12)30-32-72(16)50-27-24-25-31-68-50)91-46(14)54(63(89)77(55)21)76(20)51(82)29-28-39(2)3/h24-25,27,31,37,39-49,53-57,80-81H,23,26,28-30,32-36,38,67H2,1-22H3,(H,69,84)(H,70,86)(H,71,85). The smallest absolute Gasteiger partial charge is 0.253 e. The first-order valence-electron chi connectivity index (χ1n) is 32.6. The van der Waals surface area contributed by atoms with Crippen molar-refractivity contribution in [3.05, 3.63) is 24.4 Å². The predicted molar refractivity (Wildman–Crippen MR) is 351 cm³/mol. The van der Waals surface area contributed by atoms with Gasteiger partial charge in [0, 0.05) is 68.5 Å². The minimum Gasteiger partial charge on any atom is -0.393 e. The average molecular weight is 1300 g/mol. The summed E-state index contributed by atoms with van der Waals surface area (Å²) in [5, 5.41) is 29.7. The summed E-state index contributed by atoms with van der Waals surface area (Å²) in [4.78, 5) is 156. The van der Waals surface area contributed by atoms with Gasteiger partial charge in [0.05, 0.1) is 31.5 Å². The Labute approximate surface area is 548 Å². The first-order valence-corrected chi connectivity index (χ1v) is 32.6. The lowest BCUT2D eigenvalue weighted by Crippen LogP contribution is -2.64. The molecule has 0 saturated carbocycles. The first kappa shape index (κ1) is 81.7. The van der Waals surface area contributed by atoms with Crippen LogP contribution in [0.3, 0.4) is 0 Å². The van der Waals surface area contributed by atoms with Gasteiger partial charge in [-0.25, -0.2) is 4.98 Å². The average Bonchev–Trinajstić information content (AvgIpc) is 1.55. The molecule has 1 fully saturated rings. The number of carbonyl (C=O) groups excluding carboxylic acids is 10. The summed E-state index contributed by atoms with van der Waals surface area (Å²) in [6.45, 7) is 25.7. The number of anilines is 1. The molecule has 1 aromatic heterocycles. The van der Waals surface area contributed by atoms with Crippen LogP contribution in [-0.2, 0) is 57.4 Å². The Balaban J connectivity index is 2.48. The van der Waals surface area contributed by atoms with Crippen LogP contribution in [0.5, 0.6) is 0 Å². The topological polar surface area (TPSA) is 327 Å². The number of nitrogens with one attached hydrogen (secondary N) is 3. The van der Waals surface area contributed by atoms with Crippen LogP contribution in [0, 0.1) is 35.5 Å². The van der Waals surface area contributed by atoms with E-state index in [1.54, 1.807) is 40.0 Å². The molecule has 0 aromatic carbocycles. The second-order valence-electron chi connectivity index (χ2n) is 27.7. The monoisotopic (exact) mass is 1300 g/mol. The molecule has 7 N–H and O–H groups in total. The summed E-state index contributed by atoms with van der Waals surface area (Å²) >= 11 is 0. The van der Waals surface area contributed by atoms with E-state index in [1.165, 1.54) is 80.6 Å². The summed E-state index contributed by atoms with van der Waals surface area (Å²) in [6, 6.07) is -2.24. The molecule has 13 atom stereocenters. The second-order valence-corrected chi connectivity index (χ2v) is 27.7. The fraction of sp³-hybridized carbons (Fsp3) is 0.773. The van der Waals surface area contributed by atoms with Crippen molar-refractivity contribution in [1.82, 2.24) is 50.3 Å². The Hall–Kier alpha value is -6.35. The van der Waals surface area contributed by atoms with Crippen molar-refractivity contribution in [3.63, 3.8) is 0 Å². The number of likely N-dealkylation sites (N-methyl/N-ethyl adjacent to an activating group) is 6. The van der Waals surface area contributed by atoms with E-state index >= 15 is 0 Å². The number of nitrogens with zero attached hydrogens (tertiary/aromatic N) is 8.